The van der Waals surface area contributed by atoms with Gasteiger partial charge in [-0.25, -0.2) is 0 Å². The zero-order valence-corrected chi connectivity index (χ0v) is 46.9. The predicted octanol–water partition coefficient (Wildman–Crippen LogP) is -3.72. The topological polar surface area (TPSA) is 424 Å². The number of phenolic OH excluding ortho intramolecular Hbond substituents is 1. The van der Waals surface area contributed by atoms with E-state index in [-0.39, 0.29) is 63.3 Å². The number of rotatable bonds is 26. The zero-order chi connectivity index (χ0) is 59.2. The number of aromatic hydroxyl groups is 1. The lowest BCUT2D eigenvalue weighted by atomic mass is 9.91. The molecule has 1 unspecified atom stereocenters. The molecule has 3 aliphatic rings. The first-order valence-electron chi connectivity index (χ1n) is 28.5. The third-order valence-corrected chi connectivity index (χ3v) is 15.4. The van der Waals surface area contributed by atoms with Crippen LogP contribution in [0.1, 0.15) is 129 Å². The number of aliphatic hydroxyl groups is 7. The molecule has 16 atom stereocenters. The van der Waals surface area contributed by atoms with Gasteiger partial charge in [-0.05, 0) is 68.7 Å². The number of aliphatic hydroxyl groups excluding tert-OH is 7. The summed E-state index contributed by atoms with van der Waals surface area (Å²) in [4.78, 5) is 103. The minimum atomic E-state index is -2.28. The van der Waals surface area contributed by atoms with Crippen LogP contribution in [0.4, 0.5) is 0 Å². The van der Waals surface area contributed by atoms with E-state index in [9.17, 15) is 74.4 Å². The standard InChI is InChI=1S/C54H93N11O15/c1-5-30(2)26-31(3)12-10-8-6-7-9-11-13-41(72)59-36-28-40(71)48(58-24-23-57-22-21-56)63-52(78)45-39(70)19-25-64(45)54(80)43(38(69)18-20-55)61-51(77)44(47(74)46(73)33-14-16-34(67)17-15-33)62-50(76)37-27-35(68)29-65(37)53(79)42(32(4)66)60-49(36)75/h14-17,30-32,35-40,42-48,57-58,66-71,73-74H,5-13,18-29,55-56H2,1-4H3,(H,59,72)(H,60,75)(H,61,77)(H,62,76)(H,63,78)/t30-,31+,32+,35+,36-,37-,38+,39-,40+,42-,43-,44-,45-,46-,47-,48?/m0/s1. The van der Waals surface area contributed by atoms with Crippen LogP contribution in [0, 0.1) is 11.8 Å². The Bertz CT molecular complexity index is 2130. The van der Waals surface area contributed by atoms with Crippen molar-refractivity contribution in [3.05, 3.63) is 29.8 Å². The van der Waals surface area contributed by atoms with Crippen molar-refractivity contribution in [1.82, 2.24) is 47.0 Å². The first-order valence-corrected chi connectivity index (χ1v) is 28.5. The Hall–Kier alpha value is -5.13. The Kier molecular flexibility index (Phi) is 28.4. The number of nitrogens with one attached hydrogen (secondary N) is 7. The minimum absolute atomic E-state index is 0.0261. The van der Waals surface area contributed by atoms with E-state index >= 15 is 0 Å². The molecule has 0 radical (unpaired) electrons. The van der Waals surface area contributed by atoms with Crippen LogP contribution in [-0.2, 0) is 33.6 Å². The second kappa shape index (κ2) is 33.7. The first kappa shape index (κ1) is 67.4. The van der Waals surface area contributed by atoms with E-state index in [0.29, 0.717) is 31.2 Å². The number of benzene rings is 1. The van der Waals surface area contributed by atoms with E-state index in [0.717, 1.165) is 55.2 Å². The molecule has 19 N–H and O–H groups in total. The molecular weight excluding hydrogens is 1040 g/mol. The summed E-state index contributed by atoms with van der Waals surface area (Å²) < 4.78 is 0. The van der Waals surface area contributed by atoms with Gasteiger partial charge in [-0.3, -0.25) is 38.9 Å². The zero-order valence-electron chi connectivity index (χ0n) is 46.9. The molecule has 1 aromatic rings. The van der Waals surface area contributed by atoms with Gasteiger partial charge >= 0.3 is 0 Å². The third kappa shape index (κ3) is 20.1. The van der Waals surface area contributed by atoms with E-state index in [4.69, 9.17) is 11.5 Å². The summed E-state index contributed by atoms with van der Waals surface area (Å²) in [6.07, 6.45) is -6.96. The second-order valence-electron chi connectivity index (χ2n) is 22.0. The molecule has 0 spiro atoms. The van der Waals surface area contributed by atoms with Gasteiger partial charge in [-0.2, -0.15) is 0 Å². The summed E-state index contributed by atoms with van der Waals surface area (Å²) in [5.74, 6) is -6.41. The number of nitrogens with two attached hydrogens (primary N) is 2. The van der Waals surface area contributed by atoms with Gasteiger partial charge in [0.25, 0.3) is 0 Å². The summed E-state index contributed by atoms with van der Waals surface area (Å²) in [5, 5.41) is 108. The van der Waals surface area contributed by atoms with Crippen molar-refractivity contribution >= 4 is 41.4 Å². The highest BCUT2D eigenvalue weighted by molar-refractivity contribution is 5.98. The molecule has 0 saturated carbocycles. The molecular formula is C54H93N11O15. The number of unbranched alkanes of at least 4 members (excludes halogenated alkanes) is 5. The van der Waals surface area contributed by atoms with Gasteiger partial charge in [-0.15, -0.1) is 0 Å². The lowest BCUT2D eigenvalue weighted by Gasteiger charge is -2.35. The highest BCUT2D eigenvalue weighted by atomic mass is 16.3. The molecule has 3 aliphatic heterocycles. The number of carbonyl (C=O) groups excluding carboxylic acids is 7. The van der Waals surface area contributed by atoms with Crippen LogP contribution in [0.15, 0.2) is 24.3 Å². The Balaban J connectivity index is 1.75. The van der Waals surface area contributed by atoms with Crippen LogP contribution < -0.4 is 48.7 Å². The fourth-order valence-electron chi connectivity index (χ4n) is 10.6. The maximum Gasteiger partial charge on any atom is 0.248 e. The highest BCUT2D eigenvalue weighted by Gasteiger charge is 2.49. The SMILES string of the molecule is CC[C@H](C)C[C@H](C)CCCCCCCCC(=O)N[C@H]1C[C@@H](O)C(NCCNCCN)NC(=O)[C@@H]2[C@@H](O)CCN2C(=O)[C@H]([C@H](O)CCN)NC(=O)[C@H]([C@H](O)[C@@H](O)c2ccc(O)cc2)NC(=O)[C@@H]2C[C@@H](O)CN2C(=O)[C@H]([C@@H](C)O)NC1=O. The van der Waals surface area contributed by atoms with Crippen molar-refractivity contribution < 1.29 is 74.4 Å². The molecule has 80 heavy (non-hydrogen) atoms. The lowest BCUT2D eigenvalue weighted by molar-refractivity contribution is -0.148. The molecule has 0 bridgehead atoms. The molecule has 1 aromatic carbocycles. The van der Waals surface area contributed by atoms with Crippen LogP contribution in [-0.4, -0.2) is 217 Å². The second-order valence-corrected chi connectivity index (χ2v) is 22.0. The van der Waals surface area contributed by atoms with Crippen molar-refractivity contribution in [2.75, 3.05) is 45.8 Å². The van der Waals surface area contributed by atoms with Crippen molar-refractivity contribution in [2.24, 2.45) is 23.3 Å². The Labute approximate surface area is 468 Å². The quantitative estimate of drug-likeness (QED) is 0.0397. The van der Waals surface area contributed by atoms with Gasteiger partial charge in [0.2, 0.25) is 41.4 Å². The monoisotopic (exact) mass is 1140 g/mol. The summed E-state index contributed by atoms with van der Waals surface area (Å²) >= 11 is 0. The molecule has 0 aromatic heterocycles. The summed E-state index contributed by atoms with van der Waals surface area (Å²) in [6, 6.07) is -6.40. The van der Waals surface area contributed by atoms with Gasteiger partial charge in [-0.1, -0.05) is 77.8 Å². The van der Waals surface area contributed by atoms with E-state index in [1.54, 1.807) is 0 Å². The van der Waals surface area contributed by atoms with E-state index in [1.165, 1.54) is 30.7 Å². The Morgan fingerprint density at radius 1 is 0.700 bits per heavy atom. The molecule has 0 aliphatic carbocycles. The van der Waals surface area contributed by atoms with Crippen molar-refractivity contribution in [3.8, 4) is 5.75 Å². The molecule has 3 heterocycles. The summed E-state index contributed by atoms with van der Waals surface area (Å²) in [7, 11) is 0. The smallest absolute Gasteiger partial charge is 0.248 e. The van der Waals surface area contributed by atoms with E-state index in [2.05, 4.69) is 58.0 Å². The molecule has 454 valence electrons. The summed E-state index contributed by atoms with van der Waals surface area (Å²) in [6.45, 7) is 7.80. The number of nitrogens with zero attached hydrogens (tertiary/aromatic N) is 2. The van der Waals surface area contributed by atoms with E-state index < -0.39 is 146 Å². The van der Waals surface area contributed by atoms with Crippen molar-refractivity contribution in [2.45, 2.75) is 203 Å². The number of carbonyl (C=O) groups is 7. The maximum atomic E-state index is 14.7. The van der Waals surface area contributed by atoms with Gasteiger partial charge in [0.05, 0.1) is 30.5 Å². The van der Waals surface area contributed by atoms with Gasteiger partial charge in [0.1, 0.15) is 60.4 Å². The minimum Gasteiger partial charge on any atom is -0.508 e. The lowest BCUT2D eigenvalue weighted by Crippen LogP contribution is -2.65. The molecule has 3 saturated heterocycles. The first-order chi connectivity index (χ1) is 38.0. The van der Waals surface area contributed by atoms with Crippen molar-refractivity contribution in [3.63, 3.8) is 0 Å². The fourth-order valence-corrected chi connectivity index (χ4v) is 10.6. The summed E-state index contributed by atoms with van der Waals surface area (Å²) in [5.41, 5.74) is 11.4. The number of phenols is 1. The van der Waals surface area contributed by atoms with E-state index in [1.807, 2.05) is 0 Å². The number of amides is 7. The highest BCUT2D eigenvalue weighted by Crippen LogP contribution is 2.27. The van der Waals surface area contributed by atoms with Crippen LogP contribution in [0.2, 0.25) is 0 Å². The van der Waals surface area contributed by atoms with Gasteiger partial charge < -0.3 is 94.0 Å². The van der Waals surface area contributed by atoms with Crippen LogP contribution in [0.5, 0.6) is 5.75 Å². The number of fused-ring (bicyclic) bond motifs is 2. The predicted molar refractivity (Wildman–Crippen MR) is 293 cm³/mol. The largest absolute Gasteiger partial charge is 0.508 e. The molecule has 3 fully saturated rings. The van der Waals surface area contributed by atoms with Gasteiger partial charge in [0.15, 0.2) is 0 Å². The Morgan fingerprint density at radius 2 is 1.34 bits per heavy atom. The van der Waals surface area contributed by atoms with Crippen LogP contribution in [0.3, 0.4) is 0 Å². The van der Waals surface area contributed by atoms with Crippen LogP contribution >= 0.6 is 0 Å². The maximum absolute atomic E-state index is 14.7. The van der Waals surface area contributed by atoms with Gasteiger partial charge in [0, 0.05) is 58.5 Å². The fraction of sp³-hybridized carbons (Fsp3) is 0.759. The number of hydrogen-bond donors (Lipinski definition) is 17. The molecule has 7 amide bonds. The number of hydrogen-bond acceptors (Lipinski definition) is 19. The molecule has 4 rings (SSSR count). The average molecular weight is 1140 g/mol. The van der Waals surface area contributed by atoms with Crippen molar-refractivity contribution in [1.29, 1.82) is 0 Å². The molecule has 26 nitrogen and oxygen atoms in total. The molecule has 26 heteroatoms. The average Bonchev–Trinajstić information content (AvgIpc) is 4.12. The third-order valence-electron chi connectivity index (χ3n) is 15.4. The Morgan fingerprint density at radius 3 is 1.99 bits per heavy atom. The van der Waals surface area contributed by atoms with Crippen LogP contribution in [0.25, 0.3) is 0 Å². The normalized spacial score (nSPS) is 28.0.